The SMILES string of the molecule is O=C(c1ccccc1F)N1CCc2cc(C(O)CN3CCOCC3)ccc21. The summed E-state index contributed by atoms with van der Waals surface area (Å²) in [6.07, 6.45) is 0.123. The number of rotatable bonds is 4. The van der Waals surface area contributed by atoms with Crippen molar-refractivity contribution < 1.29 is 19.0 Å². The van der Waals surface area contributed by atoms with E-state index in [9.17, 15) is 14.3 Å². The van der Waals surface area contributed by atoms with Crippen LogP contribution in [-0.4, -0.2) is 55.3 Å². The average Bonchev–Trinajstić information content (AvgIpc) is 3.12. The largest absolute Gasteiger partial charge is 0.387 e. The Labute approximate surface area is 158 Å². The summed E-state index contributed by atoms with van der Waals surface area (Å²) in [7, 11) is 0. The van der Waals surface area contributed by atoms with E-state index in [1.54, 1.807) is 17.0 Å². The van der Waals surface area contributed by atoms with Crippen molar-refractivity contribution in [3.8, 4) is 0 Å². The first-order valence-electron chi connectivity index (χ1n) is 9.31. The predicted octanol–water partition coefficient (Wildman–Crippen LogP) is 2.39. The van der Waals surface area contributed by atoms with E-state index in [-0.39, 0.29) is 11.5 Å². The Kier molecular flexibility index (Phi) is 5.20. The molecule has 2 aliphatic heterocycles. The molecule has 6 heteroatoms. The number of fused-ring (bicyclic) bond motifs is 1. The van der Waals surface area contributed by atoms with Crippen molar-refractivity contribution in [2.24, 2.45) is 0 Å². The molecule has 1 saturated heterocycles. The Morgan fingerprint density at radius 3 is 2.70 bits per heavy atom. The molecule has 4 rings (SSSR count). The number of ether oxygens (including phenoxy) is 1. The maximum Gasteiger partial charge on any atom is 0.261 e. The van der Waals surface area contributed by atoms with Crippen molar-refractivity contribution >= 4 is 11.6 Å². The molecule has 142 valence electrons. The molecule has 0 saturated carbocycles. The topological polar surface area (TPSA) is 53.0 Å². The molecule has 2 heterocycles. The highest BCUT2D eigenvalue weighted by Crippen LogP contribution is 2.32. The van der Waals surface area contributed by atoms with Crippen LogP contribution in [-0.2, 0) is 11.2 Å². The van der Waals surface area contributed by atoms with Crippen LogP contribution in [0.1, 0.15) is 27.6 Å². The van der Waals surface area contributed by atoms with Crippen LogP contribution in [0.4, 0.5) is 10.1 Å². The van der Waals surface area contributed by atoms with Gasteiger partial charge in [-0.15, -0.1) is 0 Å². The fourth-order valence-corrected chi connectivity index (χ4v) is 3.75. The number of anilines is 1. The number of carbonyl (C=O) groups excluding carboxylic acids is 1. The predicted molar refractivity (Wildman–Crippen MR) is 100 cm³/mol. The third-order valence-electron chi connectivity index (χ3n) is 5.27. The van der Waals surface area contributed by atoms with Gasteiger partial charge >= 0.3 is 0 Å². The van der Waals surface area contributed by atoms with Gasteiger partial charge in [0.1, 0.15) is 5.82 Å². The van der Waals surface area contributed by atoms with Gasteiger partial charge < -0.3 is 14.7 Å². The summed E-state index contributed by atoms with van der Waals surface area (Å²) < 4.78 is 19.3. The molecule has 27 heavy (non-hydrogen) atoms. The highest BCUT2D eigenvalue weighted by atomic mass is 19.1. The molecular formula is C21H23FN2O3. The first-order chi connectivity index (χ1) is 13.1. The van der Waals surface area contributed by atoms with Gasteiger partial charge in [-0.05, 0) is 35.7 Å². The second kappa shape index (κ2) is 7.76. The Morgan fingerprint density at radius 1 is 1.15 bits per heavy atom. The minimum atomic E-state index is -0.579. The van der Waals surface area contributed by atoms with Crippen molar-refractivity contribution in [1.82, 2.24) is 4.90 Å². The molecule has 5 nitrogen and oxygen atoms in total. The van der Waals surface area contributed by atoms with E-state index < -0.39 is 11.9 Å². The lowest BCUT2D eigenvalue weighted by Gasteiger charge is -2.28. The van der Waals surface area contributed by atoms with Crippen LogP contribution in [0.3, 0.4) is 0 Å². The molecular weight excluding hydrogens is 347 g/mol. The van der Waals surface area contributed by atoms with Crippen molar-refractivity contribution in [2.75, 3.05) is 44.3 Å². The zero-order valence-corrected chi connectivity index (χ0v) is 15.1. The number of β-amino-alcohol motifs (C(OH)–C–C–N with tert-alkyl or cyclic N) is 1. The molecule has 1 atom stereocenters. The maximum absolute atomic E-state index is 14.0. The van der Waals surface area contributed by atoms with Crippen LogP contribution in [0.2, 0.25) is 0 Å². The summed E-state index contributed by atoms with van der Waals surface area (Å²) in [5, 5.41) is 10.6. The van der Waals surface area contributed by atoms with E-state index in [1.165, 1.54) is 12.1 Å². The van der Waals surface area contributed by atoms with E-state index in [2.05, 4.69) is 4.90 Å². The van der Waals surface area contributed by atoms with Gasteiger partial charge in [0.05, 0.1) is 24.9 Å². The molecule has 2 aliphatic rings. The van der Waals surface area contributed by atoms with Gasteiger partial charge in [-0.3, -0.25) is 9.69 Å². The highest BCUT2D eigenvalue weighted by Gasteiger charge is 2.28. The van der Waals surface area contributed by atoms with Gasteiger partial charge in [-0.2, -0.15) is 0 Å². The maximum atomic E-state index is 14.0. The summed E-state index contributed by atoms with van der Waals surface area (Å²) in [4.78, 5) is 16.5. The lowest BCUT2D eigenvalue weighted by molar-refractivity contribution is 0.0143. The fourth-order valence-electron chi connectivity index (χ4n) is 3.75. The van der Waals surface area contributed by atoms with Crippen molar-refractivity contribution in [2.45, 2.75) is 12.5 Å². The zero-order chi connectivity index (χ0) is 18.8. The Morgan fingerprint density at radius 2 is 1.93 bits per heavy atom. The number of halogens is 1. The normalized spacial score (nSPS) is 18.4. The molecule has 1 amide bonds. The van der Waals surface area contributed by atoms with Crippen LogP contribution in [0, 0.1) is 5.82 Å². The first-order valence-corrected chi connectivity index (χ1v) is 9.31. The van der Waals surface area contributed by atoms with Gasteiger partial charge in [0, 0.05) is 31.9 Å². The van der Waals surface area contributed by atoms with Crippen molar-refractivity contribution in [3.05, 3.63) is 65.0 Å². The number of amides is 1. The second-order valence-corrected chi connectivity index (χ2v) is 7.00. The molecule has 0 aromatic heterocycles. The van der Waals surface area contributed by atoms with E-state index in [0.717, 1.165) is 29.9 Å². The second-order valence-electron chi connectivity index (χ2n) is 7.00. The van der Waals surface area contributed by atoms with Gasteiger partial charge in [0.15, 0.2) is 0 Å². The smallest absolute Gasteiger partial charge is 0.261 e. The Balaban J connectivity index is 1.50. The monoisotopic (exact) mass is 370 g/mol. The lowest BCUT2D eigenvalue weighted by atomic mass is 10.0. The van der Waals surface area contributed by atoms with Gasteiger partial charge in [0.2, 0.25) is 0 Å². The molecule has 0 radical (unpaired) electrons. The summed E-state index contributed by atoms with van der Waals surface area (Å²) in [6, 6.07) is 11.7. The van der Waals surface area contributed by atoms with E-state index in [4.69, 9.17) is 4.74 Å². The lowest BCUT2D eigenvalue weighted by Crippen LogP contribution is -2.38. The van der Waals surface area contributed by atoms with E-state index in [1.807, 2.05) is 18.2 Å². The number of aliphatic hydroxyl groups excluding tert-OH is 1. The minimum absolute atomic E-state index is 0.0850. The molecule has 1 N–H and O–H groups in total. The molecule has 1 unspecified atom stereocenters. The summed E-state index contributed by atoms with van der Waals surface area (Å²) in [5.41, 5.74) is 2.74. The molecule has 0 aliphatic carbocycles. The number of carbonyl (C=O) groups is 1. The molecule has 0 bridgehead atoms. The first kappa shape index (κ1) is 18.1. The third-order valence-corrected chi connectivity index (χ3v) is 5.27. The average molecular weight is 370 g/mol. The molecule has 2 aromatic carbocycles. The highest BCUT2D eigenvalue weighted by molar-refractivity contribution is 6.07. The van der Waals surface area contributed by atoms with Crippen molar-refractivity contribution in [1.29, 1.82) is 0 Å². The number of benzene rings is 2. The Bertz CT molecular complexity index is 836. The van der Waals surface area contributed by atoms with E-state index >= 15 is 0 Å². The molecule has 0 spiro atoms. The third kappa shape index (κ3) is 3.74. The molecule has 1 fully saturated rings. The van der Waals surface area contributed by atoms with Crippen molar-refractivity contribution in [3.63, 3.8) is 0 Å². The van der Waals surface area contributed by atoms with E-state index in [0.29, 0.717) is 32.7 Å². The van der Waals surface area contributed by atoms with Gasteiger partial charge in [0.25, 0.3) is 5.91 Å². The van der Waals surface area contributed by atoms with Crippen LogP contribution < -0.4 is 4.90 Å². The molecule has 2 aromatic rings. The summed E-state index contributed by atoms with van der Waals surface area (Å²) in [6.45, 7) is 4.14. The number of aliphatic hydroxyl groups is 1. The van der Waals surface area contributed by atoms with Crippen LogP contribution >= 0.6 is 0 Å². The fraction of sp³-hybridized carbons (Fsp3) is 0.381. The van der Waals surface area contributed by atoms with Crippen LogP contribution in [0.5, 0.6) is 0 Å². The number of hydrogen-bond acceptors (Lipinski definition) is 4. The zero-order valence-electron chi connectivity index (χ0n) is 15.1. The van der Waals surface area contributed by atoms with Gasteiger partial charge in [-0.25, -0.2) is 4.39 Å². The summed E-state index contributed by atoms with van der Waals surface area (Å²) in [5.74, 6) is -0.832. The van der Waals surface area contributed by atoms with Crippen LogP contribution in [0.15, 0.2) is 42.5 Å². The standard InChI is InChI=1S/C21H23FN2O3/c22-18-4-2-1-3-17(18)21(26)24-8-7-15-13-16(5-6-19(15)24)20(25)14-23-9-11-27-12-10-23/h1-6,13,20,25H,7-12,14H2. The number of hydrogen-bond donors (Lipinski definition) is 1. The number of morpholine rings is 1. The van der Waals surface area contributed by atoms with Gasteiger partial charge in [-0.1, -0.05) is 24.3 Å². The quantitative estimate of drug-likeness (QED) is 0.898. The Hall–Kier alpha value is -2.28. The summed E-state index contributed by atoms with van der Waals surface area (Å²) >= 11 is 0. The minimum Gasteiger partial charge on any atom is -0.387 e. The van der Waals surface area contributed by atoms with Crippen LogP contribution in [0.25, 0.3) is 0 Å². The number of nitrogens with zero attached hydrogens (tertiary/aromatic N) is 2.